The van der Waals surface area contributed by atoms with Crippen LogP contribution in [0.25, 0.3) is 27.5 Å². The SMILES string of the molecule is O=C(Nc1ccc(Oc2ccnc3[nH]c(=O)c4ccccc4c23)c(F)c1)c1cccn(-c2ccc(F)cc2)c1=O. The van der Waals surface area contributed by atoms with E-state index in [1.807, 2.05) is 0 Å². The van der Waals surface area contributed by atoms with Gasteiger partial charge < -0.3 is 15.0 Å². The van der Waals surface area contributed by atoms with Crippen LogP contribution in [0.3, 0.4) is 0 Å². The number of amides is 1. The van der Waals surface area contributed by atoms with Crippen LogP contribution in [0.2, 0.25) is 0 Å². The molecule has 2 N–H and O–H groups in total. The molecule has 0 radical (unpaired) electrons. The highest BCUT2D eigenvalue weighted by atomic mass is 19.1. The molecule has 40 heavy (non-hydrogen) atoms. The van der Waals surface area contributed by atoms with Crippen molar-refractivity contribution >= 4 is 33.4 Å². The summed E-state index contributed by atoms with van der Waals surface area (Å²) in [6, 6.07) is 20.4. The number of H-pyrrole nitrogens is 1. The minimum absolute atomic E-state index is 0.0980. The summed E-state index contributed by atoms with van der Waals surface area (Å²) >= 11 is 0. The Balaban J connectivity index is 1.28. The lowest BCUT2D eigenvalue weighted by atomic mass is 10.1. The molecule has 0 bridgehead atoms. The zero-order valence-electron chi connectivity index (χ0n) is 20.5. The molecule has 0 spiro atoms. The molecule has 0 saturated carbocycles. The smallest absolute Gasteiger partial charge is 0.267 e. The van der Waals surface area contributed by atoms with Crippen LogP contribution in [0.4, 0.5) is 14.5 Å². The summed E-state index contributed by atoms with van der Waals surface area (Å²) in [5.41, 5.74) is -0.338. The molecular formula is C30H18F2N4O4. The average Bonchev–Trinajstić information content (AvgIpc) is 2.95. The first-order chi connectivity index (χ1) is 19.4. The Bertz CT molecular complexity index is 2050. The van der Waals surface area contributed by atoms with Crippen LogP contribution in [0.15, 0.2) is 107 Å². The highest BCUT2D eigenvalue weighted by Gasteiger charge is 2.16. The molecule has 0 aliphatic carbocycles. The Morgan fingerprint density at radius 3 is 2.42 bits per heavy atom. The van der Waals surface area contributed by atoms with E-state index in [-0.39, 0.29) is 28.3 Å². The molecule has 0 atom stereocenters. The number of hydrogen-bond acceptors (Lipinski definition) is 5. The number of carbonyl (C=O) groups is 1. The van der Waals surface area contributed by atoms with E-state index in [0.717, 1.165) is 6.07 Å². The lowest BCUT2D eigenvalue weighted by Crippen LogP contribution is -2.27. The summed E-state index contributed by atoms with van der Waals surface area (Å²) in [6.07, 6.45) is 2.90. The molecule has 8 nitrogen and oxygen atoms in total. The fourth-order valence-corrected chi connectivity index (χ4v) is 4.41. The number of fused-ring (bicyclic) bond motifs is 3. The Morgan fingerprint density at radius 2 is 1.65 bits per heavy atom. The number of aromatic nitrogens is 3. The number of anilines is 1. The molecule has 0 fully saturated rings. The number of carbonyl (C=O) groups excluding carboxylic acids is 1. The van der Waals surface area contributed by atoms with Crippen molar-refractivity contribution in [1.29, 1.82) is 0 Å². The molecule has 0 saturated heterocycles. The van der Waals surface area contributed by atoms with Gasteiger partial charge in [-0.3, -0.25) is 19.0 Å². The molecule has 0 aliphatic heterocycles. The first kappa shape index (κ1) is 24.7. The predicted octanol–water partition coefficient (Wildman–Crippen LogP) is 5.55. The maximum atomic E-state index is 15.1. The second-order valence-corrected chi connectivity index (χ2v) is 8.81. The number of rotatable bonds is 5. The summed E-state index contributed by atoms with van der Waals surface area (Å²) < 4.78 is 35.5. The van der Waals surface area contributed by atoms with Crippen LogP contribution < -0.4 is 21.2 Å². The third-order valence-electron chi connectivity index (χ3n) is 6.29. The summed E-state index contributed by atoms with van der Waals surface area (Å²) in [7, 11) is 0. The van der Waals surface area contributed by atoms with Crippen LogP contribution in [-0.4, -0.2) is 20.4 Å². The number of ether oxygens (including phenoxy) is 1. The molecule has 3 heterocycles. The summed E-state index contributed by atoms with van der Waals surface area (Å²) in [6.45, 7) is 0. The van der Waals surface area contributed by atoms with Gasteiger partial charge in [-0.05, 0) is 60.7 Å². The van der Waals surface area contributed by atoms with Gasteiger partial charge in [0.2, 0.25) is 0 Å². The summed E-state index contributed by atoms with van der Waals surface area (Å²) in [4.78, 5) is 45.1. The van der Waals surface area contributed by atoms with Crippen molar-refractivity contribution < 1.29 is 18.3 Å². The zero-order valence-corrected chi connectivity index (χ0v) is 20.5. The summed E-state index contributed by atoms with van der Waals surface area (Å²) in [5, 5.41) is 4.07. The lowest BCUT2D eigenvalue weighted by Gasteiger charge is -2.12. The fourth-order valence-electron chi connectivity index (χ4n) is 4.41. The first-order valence-corrected chi connectivity index (χ1v) is 12.0. The first-order valence-electron chi connectivity index (χ1n) is 12.0. The van der Waals surface area contributed by atoms with Crippen molar-refractivity contribution in [1.82, 2.24) is 14.5 Å². The maximum absolute atomic E-state index is 15.1. The van der Waals surface area contributed by atoms with E-state index >= 15 is 4.39 Å². The Morgan fingerprint density at radius 1 is 0.875 bits per heavy atom. The molecule has 1 amide bonds. The van der Waals surface area contributed by atoms with E-state index in [2.05, 4.69) is 15.3 Å². The fraction of sp³-hybridized carbons (Fsp3) is 0. The number of halogens is 2. The zero-order chi connectivity index (χ0) is 27.8. The molecule has 0 unspecified atom stereocenters. The molecule has 6 aromatic rings. The lowest BCUT2D eigenvalue weighted by molar-refractivity contribution is 0.102. The van der Waals surface area contributed by atoms with Crippen LogP contribution in [-0.2, 0) is 0 Å². The molecule has 6 rings (SSSR count). The van der Waals surface area contributed by atoms with Crippen LogP contribution >= 0.6 is 0 Å². The van der Waals surface area contributed by atoms with Crippen molar-refractivity contribution in [2.24, 2.45) is 0 Å². The number of hydrogen-bond donors (Lipinski definition) is 2. The molecule has 0 aliphatic rings. The second-order valence-electron chi connectivity index (χ2n) is 8.81. The van der Waals surface area contributed by atoms with Gasteiger partial charge in [0.25, 0.3) is 17.0 Å². The van der Waals surface area contributed by atoms with Crippen LogP contribution in [0.5, 0.6) is 11.5 Å². The van der Waals surface area contributed by atoms with Gasteiger partial charge in [0.1, 0.15) is 22.8 Å². The monoisotopic (exact) mass is 536 g/mol. The van der Waals surface area contributed by atoms with Crippen molar-refractivity contribution in [3.8, 4) is 17.2 Å². The third kappa shape index (κ3) is 4.47. The van der Waals surface area contributed by atoms with E-state index in [9.17, 15) is 18.8 Å². The van der Waals surface area contributed by atoms with Gasteiger partial charge in [-0.1, -0.05) is 18.2 Å². The summed E-state index contributed by atoms with van der Waals surface area (Å²) in [5.74, 6) is -1.82. The van der Waals surface area contributed by atoms with Crippen molar-refractivity contribution in [3.63, 3.8) is 0 Å². The molecular weight excluding hydrogens is 518 g/mol. The Kier molecular flexibility index (Phi) is 6.12. The number of nitrogens with one attached hydrogen (secondary N) is 2. The number of nitrogens with zero attached hydrogens (tertiary/aromatic N) is 2. The molecule has 196 valence electrons. The Labute approximate surface area is 224 Å². The minimum Gasteiger partial charge on any atom is -0.453 e. The van der Waals surface area contributed by atoms with E-state index in [4.69, 9.17) is 4.74 Å². The number of benzene rings is 3. The largest absolute Gasteiger partial charge is 0.453 e. The quantitative estimate of drug-likeness (QED) is 0.281. The second kappa shape index (κ2) is 9.91. The van der Waals surface area contributed by atoms with Gasteiger partial charge in [0, 0.05) is 40.6 Å². The van der Waals surface area contributed by atoms with Gasteiger partial charge in [0.15, 0.2) is 11.6 Å². The van der Waals surface area contributed by atoms with E-state index in [1.165, 1.54) is 65.5 Å². The van der Waals surface area contributed by atoms with Gasteiger partial charge in [0.05, 0.1) is 5.39 Å². The predicted molar refractivity (Wildman–Crippen MR) is 146 cm³/mol. The highest BCUT2D eigenvalue weighted by Crippen LogP contribution is 2.34. The average molecular weight is 536 g/mol. The van der Waals surface area contributed by atoms with E-state index < -0.39 is 23.1 Å². The molecule has 10 heteroatoms. The van der Waals surface area contributed by atoms with E-state index in [0.29, 0.717) is 27.5 Å². The third-order valence-corrected chi connectivity index (χ3v) is 6.29. The normalized spacial score (nSPS) is 11.1. The van der Waals surface area contributed by atoms with Gasteiger partial charge in [-0.15, -0.1) is 0 Å². The highest BCUT2D eigenvalue weighted by molar-refractivity contribution is 6.07. The van der Waals surface area contributed by atoms with Gasteiger partial charge >= 0.3 is 0 Å². The van der Waals surface area contributed by atoms with E-state index in [1.54, 1.807) is 30.3 Å². The number of pyridine rings is 3. The minimum atomic E-state index is -0.770. The standard InChI is InChI=1S/C30H18F2N4O4/c31-17-7-10-19(11-8-17)36-15-3-6-22(30(36)39)29(38)34-18-9-12-24(23(32)16-18)40-25-13-14-33-27-26(25)20-4-1-2-5-21(20)28(37)35-27/h1-16H,(H,34,38)(H,33,35,37). The maximum Gasteiger partial charge on any atom is 0.267 e. The van der Waals surface area contributed by atoms with Crippen molar-refractivity contribution in [3.05, 3.63) is 135 Å². The topological polar surface area (TPSA) is 106 Å². The number of aromatic amines is 1. The van der Waals surface area contributed by atoms with Gasteiger partial charge in [-0.2, -0.15) is 0 Å². The van der Waals surface area contributed by atoms with Gasteiger partial charge in [-0.25, -0.2) is 13.8 Å². The van der Waals surface area contributed by atoms with Crippen molar-refractivity contribution in [2.45, 2.75) is 0 Å². The van der Waals surface area contributed by atoms with Crippen LogP contribution in [0, 0.1) is 11.6 Å². The van der Waals surface area contributed by atoms with Crippen LogP contribution in [0.1, 0.15) is 10.4 Å². The molecule has 3 aromatic heterocycles. The Hall–Kier alpha value is -5.64. The molecule has 3 aromatic carbocycles. The van der Waals surface area contributed by atoms with Crippen molar-refractivity contribution in [2.75, 3.05) is 5.32 Å².